The molecule has 0 saturated carbocycles. The summed E-state index contributed by atoms with van der Waals surface area (Å²) in [6.45, 7) is 0. The van der Waals surface area contributed by atoms with E-state index in [4.69, 9.17) is 15.6 Å². The highest BCUT2D eigenvalue weighted by molar-refractivity contribution is 5.72. The third kappa shape index (κ3) is 2.81. The van der Waals surface area contributed by atoms with E-state index in [9.17, 15) is 5.26 Å². The normalized spacial score (nSPS) is 15.2. The second-order valence-corrected chi connectivity index (χ2v) is 6.89. The topological polar surface area (TPSA) is 89.8 Å². The van der Waals surface area contributed by atoms with E-state index in [1.54, 1.807) is 17.1 Å². The number of nitriles is 1. The van der Waals surface area contributed by atoms with Crippen molar-refractivity contribution < 1.29 is 4.74 Å². The summed E-state index contributed by atoms with van der Waals surface area (Å²) in [5.74, 6) is 0.191. The number of nitrogens with two attached hydrogens (primary N) is 1. The number of hydrogen-bond acceptors (Lipinski definition) is 5. The first-order chi connectivity index (χ1) is 14.8. The fraction of sp³-hybridized carbons (Fsp3) is 0.0417. The summed E-state index contributed by atoms with van der Waals surface area (Å²) in [5, 5.41) is 14.8. The summed E-state index contributed by atoms with van der Waals surface area (Å²) in [6, 6.07) is 25.6. The first-order valence-electron chi connectivity index (χ1n) is 9.49. The van der Waals surface area contributed by atoms with Crippen LogP contribution >= 0.6 is 0 Å². The van der Waals surface area contributed by atoms with E-state index >= 15 is 0 Å². The number of allylic oxidation sites excluding steroid dienone is 1. The molecule has 0 fully saturated rings. The number of rotatable bonds is 3. The first-order valence-corrected chi connectivity index (χ1v) is 9.49. The van der Waals surface area contributed by atoms with E-state index in [1.807, 2.05) is 72.8 Å². The Balaban J connectivity index is 1.84. The summed E-state index contributed by atoms with van der Waals surface area (Å²) in [6.07, 6.45) is 3.42. The second kappa shape index (κ2) is 7.22. The van der Waals surface area contributed by atoms with Crippen molar-refractivity contribution in [3.8, 4) is 28.9 Å². The molecule has 5 rings (SSSR count). The van der Waals surface area contributed by atoms with Gasteiger partial charge in [0.15, 0.2) is 0 Å². The number of fused-ring (bicyclic) bond motifs is 1. The van der Waals surface area contributed by atoms with Gasteiger partial charge in [0, 0.05) is 18.0 Å². The van der Waals surface area contributed by atoms with Gasteiger partial charge in [-0.15, -0.1) is 0 Å². The van der Waals surface area contributed by atoms with Crippen LogP contribution in [0.1, 0.15) is 17.0 Å². The molecule has 2 aromatic heterocycles. The van der Waals surface area contributed by atoms with Gasteiger partial charge in [-0.2, -0.15) is 15.0 Å². The van der Waals surface area contributed by atoms with Gasteiger partial charge in [0.2, 0.25) is 11.8 Å². The molecule has 6 heteroatoms. The van der Waals surface area contributed by atoms with Crippen molar-refractivity contribution in [2.45, 2.75) is 5.92 Å². The van der Waals surface area contributed by atoms with Crippen molar-refractivity contribution in [3.05, 3.63) is 108 Å². The van der Waals surface area contributed by atoms with Gasteiger partial charge in [0.05, 0.1) is 17.2 Å². The van der Waals surface area contributed by atoms with E-state index in [0.717, 1.165) is 28.1 Å². The van der Waals surface area contributed by atoms with Crippen LogP contribution in [0, 0.1) is 11.3 Å². The Morgan fingerprint density at radius 2 is 1.60 bits per heavy atom. The van der Waals surface area contributed by atoms with Gasteiger partial charge in [-0.1, -0.05) is 48.5 Å². The monoisotopic (exact) mass is 391 g/mol. The highest BCUT2D eigenvalue weighted by atomic mass is 16.5. The zero-order valence-electron chi connectivity index (χ0n) is 15.9. The number of nitrogens with zero attached hydrogens (tertiary/aromatic N) is 4. The molecular formula is C24H17N5O. The zero-order chi connectivity index (χ0) is 20.5. The molecule has 0 amide bonds. The maximum Gasteiger partial charge on any atom is 0.229 e. The molecule has 0 saturated heterocycles. The molecule has 144 valence electrons. The van der Waals surface area contributed by atoms with Crippen molar-refractivity contribution >= 4 is 0 Å². The van der Waals surface area contributed by atoms with E-state index in [2.05, 4.69) is 11.1 Å². The lowest BCUT2D eigenvalue weighted by Gasteiger charge is -2.25. The average Bonchev–Trinajstić information content (AvgIpc) is 3.19. The molecule has 0 spiro atoms. The van der Waals surface area contributed by atoms with Gasteiger partial charge < -0.3 is 10.5 Å². The maximum atomic E-state index is 9.89. The van der Waals surface area contributed by atoms with E-state index in [1.165, 1.54) is 0 Å². The molecule has 1 aliphatic rings. The molecule has 2 aromatic carbocycles. The molecule has 2 N–H and O–H groups in total. The predicted molar refractivity (Wildman–Crippen MR) is 113 cm³/mol. The van der Waals surface area contributed by atoms with Crippen LogP contribution in [0.25, 0.3) is 16.9 Å². The van der Waals surface area contributed by atoms with Crippen LogP contribution in [0.15, 0.2) is 96.6 Å². The average molecular weight is 391 g/mol. The first kappa shape index (κ1) is 17.7. The molecule has 1 unspecified atom stereocenters. The van der Waals surface area contributed by atoms with Crippen LogP contribution in [0.2, 0.25) is 0 Å². The third-order valence-electron chi connectivity index (χ3n) is 5.14. The number of hydrogen-bond donors (Lipinski definition) is 1. The molecule has 0 aliphatic carbocycles. The van der Waals surface area contributed by atoms with Crippen LogP contribution in [0.5, 0.6) is 5.88 Å². The zero-order valence-corrected chi connectivity index (χ0v) is 15.9. The molecule has 0 radical (unpaired) electrons. The fourth-order valence-corrected chi connectivity index (χ4v) is 3.78. The summed E-state index contributed by atoms with van der Waals surface area (Å²) in [4.78, 5) is 4.12. The molecule has 1 atom stereocenters. The van der Waals surface area contributed by atoms with Crippen LogP contribution in [0.3, 0.4) is 0 Å². The third-order valence-corrected chi connectivity index (χ3v) is 5.14. The van der Waals surface area contributed by atoms with Crippen molar-refractivity contribution in [1.82, 2.24) is 14.8 Å². The van der Waals surface area contributed by atoms with Crippen molar-refractivity contribution in [2.75, 3.05) is 0 Å². The molecular weight excluding hydrogens is 374 g/mol. The number of benzene rings is 2. The summed E-state index contributed by atoms with van der Waals surface area (Å²) < 4.78 is 7.74. The largest absolute Gasteiger partial charge is 0.422 e. The van der Waals surface area contributed by atoms with E-state index < -0.39 is 5.92 Å². The minimum Gasteiger partial charge on any atom is -0.422 e. The summed E-state index contributed by atoms with van der Waals surface area (Å²) in [5.41, 5.74) is 10.8. The van der Waals surface area contributed by atoms with Gasteiger partial charge in [0.25, 0.3) is 0 Å². The fourth-order valence-electron chi connectivity index (χ4n) is 3.78. The molecule has 30 heavy (non-hydrogen) atoms. The van der Waals surface area contributed by atoms with Crippen molar-refractivity contribution in [3.63, 3.8) is 0 Å². The number of pyridine rings is 1. The Kier molecular flexibility index (Phi) is 4.26. The standard InChI is InChI=1S/C24H17N5O/c25-15-19-20(16-11-13-27-14-12-16)21-22(17-7-3-1-4-8-17)28-29(24(21)30-23(19)26)18-9-5-2-6-10-18/h1-14,20H,26H2. The quantitative estimate of drug-likeness (QED) is 0.567. The molecule has 1 aliphatic heterocycles. The Morgan fingerprint density at radius 3 is 2.27 bits per heavy atom. The van der Waals surface area contributed by atoms with Crippen molar-refractivity contribution in [1.29, 1.82) is 5.26 Å². The number of aromatic nitrogens is 3. The van der Waals surface area contributed by atoms with E-state index in [0.29, 0.717) is 11.5 Å². The lowest BCUT2D eigenvalue weighted by atomic mass is 9.83. The maximum absolute atomic E-state index is 9.89. The van der Waals surface area contributed by atoms with Crippen LogP contribution < -0.4 is 10.5 Å². The van der Waals surface area contributed by atoms with Crippen LogP contribution in [-0.2, 0) is 0 Å². The highest BCUT2D eigenvalue weighted by Crippen LogP contribution is 2.47. The van der Waals surface area contributed by atoms with Gasteiger partial charge in [-0.25, -0.2) is 0 Å². The van der Waals surface area contributed by atoms with Gasteiger partial charge in [-0.05, 0) is 29.8 Å². The van der Waals surface area contributed by atoms with E-state index in [-0.39, 0.29) is 5.88 Å². The van der Waals surface area contributed by atoms with Gasteiger partial charge in [0.1, 0.15) is 17.3 Å². The summed E-state index contributed by atoms with van der Waals surface area (Å²) in [7, 11) is 0. The Hall–Kier alpha value is -4.37. The minimum absolute atomic E-state index is 0.0866. The van der Waals surface area contributed by atoms with Gasteiger partial charge in [-0.3, -0.25) is 4.98 Å². The predicted octanol–water partition coefficient (Wildman–Crippen LogP) is 4.15. The minimum atomic E-state index is -0.408. The SMILES string of the molecule is N#CC1=C(N)Oc2c(c(-c3ccccc3)nn2-c2ccccc2)C1c1ccncc1. The number of para-hydroxylation sites is 1. The van der Waals surface area contributed by atoms with Crippen LogP contribution in [0.4, 0.5) is 0 Å². The second-order valence-electron chi connectivity index (χ2n) is 6.89. The molecule has 4 aromatic rings. The molecule has 3 heterocycles. The molecule has 6 nitrogen and oxygen atoms in total. The summed E-state index contributed by atoms with van der Waals surface area (Å²) >= 11 is 0. The Morgan fingerprint density at radius 1 is 0.933 bits per heavy atom. The van der Waals surface area contributed by atoms with Crippen LogP contribution in [-0.4, -0.2) is 14.8 Å². The lowest BCUT2D eigenvalue weighted by molar-refractivity contribution is 0.367. The Labute approximate surface area is 173 Å². The molecule has 0 bridgehead atoms. The number of ether oxygens (including phenoxy) is 1. The smallest absolute Gasteiger partial charge is 0.229 e. The Bertz CT molecular complexity index is 1270. The van der Waals surface area contributed by atoms with Crippen molar-refractivity contribution in [2.24, 2.45) is 5.73 Å². The lowest BCUT2D eigenvalue weighted by Crippen LogP contribution is -2.22. The van der Waals surface area contributed by atoms with Gasteiger partial charge >= 0.3 is 0 Å². The highest BCUT2D eigenvalue weighted by Gasteiger charge is 2.37.